The van der Waals surface area contributed by atoms with E-state index in [1.165, 1.54) is 4.90 Å². The van der Waals surface area contributed by atoms with Crippen LogP contribution in [0.25, 0.3) is 0 Å². The van der Waals surface area contributed by atoms with E-state index >= 15 is 0 Å². The van der Waals surface area contributed by atoms with Gasteiger partial charge < -0.3 is 9.47 Å². The molecule has 1 aromatic carbocycles. The fourth-order valence-corrected chi connectivity index (χ4v) is 3.23. The lowest BCUT2D eigenvalue weighted by atomic mass is 10.2. The average molecular weight is 513 g/mol. The molecular formula is C24H39BrN3O4+. The third-order valence-electron chi connectivity index (χ3n) is 4.12. The van der Waals surface area contributed by atoms with Crippen molar-refractivity contribution < 1.29 is 23.6 Å². The number of nitrogens with one attached hydrogen (secondary N) is 1. The Morgan fingerprint density at radius 2 is 1.56 bits per heavy atom. The zero-order valence-electron chi connectivity index (χ0n) is 20.5. The number of carbonyl (C=O) groups excluding carboxylic acids is 2. The summed E-state index contributed by atoms with van der Waals surface area (Å²) in [5.41, 5.74) is -0.290. The second-order valence-corrected chi connectivity index (χ2v) is 10.5. The van der Waals surface area contributed by atoms with E-state index in [1.54, 1.807) is 20.8 Å². The Kier molecular flexibility index (Phi) is 11.2. The molecule has 0 bridgehead atoms. The van der Waals surface area contributed by atoms with Crippen LogP contribution in [-0.4, -0.2) is 57.7 Å². The molecule has 1 rings (SSSR count). The van der Waals surface area contributed by atoms with Crippen LogP contribution in [0, 0.1) is 0 Å². The van der Waals surface area contributed by atoms with Gasteiger partial charge in [0, 0.05) is 5.33 Å². The number of hydrogen-bond donors (Lipinski definition) is 1. The summed E-state index contributed by atoms with van der Waals surface area (Å²) in [5.74, 6) is 0.330. The molecule has 180 valence electrons. The molecule has 0 saturated carbocycles. The van der Waals surface area contributed by atoms with Crippen molar-refractivity contribution in [2.75, 3.05) is 18.9 Å². The van der Waals surface area contributed by atoms with Crippen LogP contribution < -0.4 is 5.32 Å². The van der Waals surface area contributed by atoms with Crippen molar-refractivity contribution in [2.45, 2.75) is 78.6 Å². The lowest BCUT2D eigenvalue weighted by Gasteiger charge is -2.25. The standard InChI is InChI=1S/C24H38BrN3O4/c1-23(2,3)31-21(29)26-20(27(7)18-19-14-10-8-11-15-19)28(17-13-9-12-16-25)22(30)32-24(4,5)6/h8,10-11,14-15H,9,12-13,16-18H2,1-7H3/p+1. The highest BCUT2D eigenvalue weighted by Crippen LogP contribution is 2.13. The van der Waals surface area contributed by atoms with E-state index in [9.17, 15) is 9.59 Å². The van der Waals surface area contributed by atoms with Gasteiger partial charge in [-0.15, -0.1) is 0 Å². The van der Waals surface area contributed by atoms with E-state index in [0.29, 0.717) is 19.0 Å². The molecule has 0 fully saturated rings. The highest BCUT2D eigenvalue weighted by atomic mass is 79.9. The number of guanidine groups is 1. The quantitative estimate of drug-likeness (QED) is 0.172. The zero-order chi connectivity index (χ0) is 24.4. The van der Waals surface area contributed by atoms with Gasteiger partial charge in [0.25, 0.3) is 0 Å². The lowest BCUT2D eigenvalue weighted by molar-refractivity contribution is -0.520. The van der Waals surface area contributed by atoms with E-state index in [0.717, 1.165) is 30.2 Å². The average Bonchev–Trinajstić information content (AvgIpc) is 2.64. The maximum atomic E-state index is 13.1. The van der Waals surface area contributed by atoms with Crippen molar-refractivity contribution >= 4 is 34.1 Å². The van der Waals surface area contributed by atoms with Gasteiger partial charge in [-0.3, -0.25) is 4.58 Å². The summed E-state index contributed by atoms with van der Waals surface area (Å²) in [5, 5.41) is 3.70. The van der Waals surface area contributed by atoms with Crippen LogP contribution in [0.2, 0.25) is 0 Å². The molecule has 0 heterocycles. The summed E-state index contributed by atoms with van der Waals surface area (Å²) in [6.07, 6.45) is 1.57. The van der Waals surface area contributed by atoms with Gasteiger partial charge in [-0.1, -0.05) is 46.3 Å². The molecule has 0 aliphatic rings. The number of unbranched alkanes of at least 4 members (excludes halogenated alkanes) is 2. The summed E-state index contributed by atoms with van der Waals surface area (Å²) in [6.45, 7) is 11.8. The molecule has 0 unspecified atom stereocenters. The Bertz CT molecular complexity index is 768. The van der Waals surface area contributed by atoms with Crippen LogP contribution in [0.3, 0.4) is 0 Å². The molecule has 1 N–H and O–H groups in total. The normalized spacial score (nSPS) is 12.6. The number of hydrogen-bond acceptors (Lipinski definition) is 4. The smallest absolute Gasteiger partial charge is 0.432 e. The third kappa shape index (κ3) is 11.5. The Labute approximate surface area is 201 Å². The van der Waals surface area contributed by atoms with Gasteiger partial charge in [-0.2, -0.15) is 10.2 Å². The summed E-state index contributed by atoms with van der Waals surface area (Å²) in [7, 11) is 1.83. The molecule has 0 radical (unpaired) electrons. The van der Waals surface area contributed by atoms with Gasteiger partial charge in [0.2, 0.25) is 0 Å². The van der Waals surface area contributed by atoms with Gasteiger partial charge in [-0.05, 0) is 66.4 Å². The largest absolute Gasteiger partial charge is 0.479 e. The van der Waals surface area contributed by atoms with Crippen molar-refractivity contribution in [1.29, 1.82) is 0 Å². The number of rotatable bonds is 7. The molecule has 0 aliphatic carbocycles. The van der Waals surface area contributed by atoms with Crippen LogP contribution >= 0.6 is 15.9 Å². The molecule has 0 aliphatic heterocycles. The molecule has 32 heavy (non-hydrogen) atoms. The Morgan fingerprint density at radius 1 is 0.969 bits per heavy atom. The second-order valence-electron chi connectivity index (χ2n) is 9.67. The number of carbonyl (C=O) groups is 2. The summed E-state index contributed by atoms with van der Waals surface area (Å²) in [4.78, 5) is 27.3. The monoisotopic (exact) mass is 512 g/mol. The maximum Gasteiger partial charge on any atom is 0.479 e. The molecule has 0 atom stereocenters. The molecule has 0 spiro atoms. The minimum atomic E-state index is -0.667. The molecule has 2 amide bonds. The topological polar surface area (TPSA) is 70.9 Å². The lowest BCUT2D eigenvalue weighted by Crippen LogP contribution is -2.53. The number of nitrogens with zero attached hydrogens (tertiary/aromatic N) is 2. The second kappa shape index (κ2) is 12.8. The molecular weight excluding hydrogens is 474 g/mol. The minimum absolute atomic E-state index is 0.330. The molecule has 1 aromatic rings. The first-order chi connectivity index (χ1) is 14.8. The minimum Gasteiger partial charge on any atom is -0.432 e. The van der Waals surface area contributed by atoms with E-state index < -0.39 is 23.4 Å². The van der Waals surface area contributed by atoms with Crippen molar-refractivity contribution in [3.8, 4) is 0 Å². The molecule has 0 saturated heterocycles. The van der Waals surface area contributed by atoms with E-state index in [1.807, 2.05) is 62.7 Å². The van der Waals surface area contributed by atoms with Gasteiger partial charge >= 0.3 is 18.1 Å². The fraction of sp³-hybridized carbons (Fsp3) is 0.625. The summed E-state index contributed by atoms with van der Waals surface area (Å²) in [6, 6.07) is 9.85. The van der Waals surface area contributed by atoms with Crippen LogP contribution in [0.15, 0.2) is 30.3 Å². The number of benzene rings is 1. The Balaban J connectivity index is 3.30. The van der Waals surface area contributed by atoms with Crippen molar-refractivity contribution in [3.63, 3.8) is 0 Å². The predicted molar refractivity (Wildman–Crippen MR) is 131 cm³/mol. The summed E-state index contributed by atoms with van der Waals surface area (Å²) >= 11 is 3.44. The third-order valence-corrected chi connectivity index (χ3v) is 4.68. The van der Waals surface area contributed by atoms with E-state index in [2.05, 4.69) is 21.2 Å². The van der Waals surface area contributed by atoms with E-state index in [-0.39, 0.29) is 0 Å². The molecule has 8 heteroatoms. The zero-order valence-corrected chi connectivity index (χ0v) is 22.1. The first-order valence-corrected chi connectivity index (χ1v) is 12.1. The number of alkyl carbamates (subject to hydrolysis) is 1. The van der Waals surface area contributed by atoms with Crippen LogP contribution in [0.5, 0.6) is 0 Å². The number of amides is 2. The van der Waals surface area contributed by atoms with Gasteiger partial charge in [-0.25, -0.2) is 9.59 Å². The van der Waals surface area contributed by atoms with Gasteiger partial charge in [0.1, 0.15) is 11.2 Å². The summed E-state index contributed by atoms with van der Waals surface area (Å²) < 4.78 is 12.9. The first-order valence-electron chi connectivity index (χ1n) is 11.0. The fourth-order valence-electron chi connectivity index (χ4n) is 2.84. The van der Waals surface area contributed by atoms with Crippen molar-refractivity contribution in [3.05, 3.63) is 35.9 Å². The van der Waals surface area contributed by atoms with Crippen molar-refractivity contribution in [1.82, 2.24) is 10.2 Å². The first kappa shape index (κ1) is 27.9. The highest BCUT2D eigenvalue weighted by Gasteiger charge is 2.35. The Morgan fingerprint density at radius 3 is 2.09 bits per heavy atom. The van der Waals surface area contributed by atoms with Crippen LogP contribution in [0.4, 0.5) is 9.59 Å². The number of ether oxygens (including phenoxy) is 2. The number of halogens is 1. The van der Waals surface area contributed by atoms with Gasteiger partial charge in [0.15, 0.2) is 0 Å². The van der Waals surface area contributed by atoms with Gasteiger partial charge in [0.05, 0.1) is 20.1 Å². The number of alkyl halides is 1. The van der Waals surface area contributed by atoms with Crippen LogP contribution in [0.1, 0.15) is 66.4 Å². The van der Waals surface area contributed by atoms with Crippen molar-refractivity contribution in [2.24, 2.45) is 0 Å². The Hall–Kier alpha value is -2.09. The van der Waals surface area contributed by atoms with Crippen LogP contribution in [-0.2, 0) is 16.0 Å². The molecule has 0 aromatic heterocycles. The molecule has 7 nitrogen and oxygen atoms in total. The maximum absolute atomic E-state index is 13.1. The predicted octanol–water partition coefficient (Wildman–Crippen LogP) is 5.51. The highest BCUT2D eigenvalue weighted by molar-refractivity contribution is 9.09. The van der Waals surface area contributed by atoms with E-state index in [4.69, 9.17) is 9.47 Å². The SMILES string of the molecule is C[N+](Cc1ccccc1)=C(NC(=O)OC(C)(C)C)N(CCCCCBr)C(=O)OC(C)(C)C.